The first-order valence-corrected chi connectivity index (χ1v) is 12.0. The van der Waals surface area contributed by atoms with Gasteiger partial charge in [-0.1, -0.05) is 38.8 Å². The molecule has 4 atom stereocenters. The normalized spacial score (nSPS) is 28.1. The van der Waals surface area contributed by atoms with Crippen LogP contribution >= 0.6 is 0 Å². The maximum Gasteiger partial charge on any atom is 0.290 e. The molecule has 1 aromatic carbocycles. The van der Waals surface area contributed by atoms with Crippen molar-refractivity contribution < 1.29 is 14.3 Å². The zero-order valence-electron chi connectivity index (χ0n) is 19.8. The van der Waals surface area contributed by atoms with Gasteiger partial charge in [-0.2, -0.15) is 0 Å². The summed E-state index contributed by atoms with van der Waals surface area (Å²) in [5.74, 6) is 1.16. The van der Waals surface area contributed by atoms with Crippen molar-refractivity contribution in [1.29, 1.82) is 0 Å². The quantitative estimate of drug-likeness (QED) is 0.667. The van der Waals surface area contributed by atoms with Gasteiger partial charge in [-0.25, -0.2) is 4.98 Å². The van der Waals surface area contributed by atoms with Crippen LogP contribution in [0.4, 0.5) is 0 Å². The molecule has 1 saturated carbocycles. The molecule has 0 spiro atoms. The number of amides is 2. The largest absolute Gasteiger partial charge is 0.382 e. The van der Waals surface area contributed by atoms with Crippen LogP contribution in [0.1, 0.15) is 64.0 Å². The molecule has 2 aliphatic rings. The summed E-state index contributed by atoms with van der Waals surface area (Å²) < 4.78 is 7.41. The highest BCUT2D eigenvalue weighted by atomic mass is 16.5. The van der Waals surface area contributed by atoms with Gasteiger partial charge >= 0.3 is 0 Å². The molecule has 0 saturated heterocycles. The lowest BCUT2D eigenvalue weighted by Gasteiger charge is -2.45. The molecule has 2 amide bonds. The fourth-order valence-electron chi connectivity index (χ4n) is 5.26. The Morgan fingerprint density at radius 2 is 2.06 bits per heavy atom. The van der Waals surface area contributed by atoms with Crippen molar-refractivity contribution in [3.63, 3.8) is 0 Å². The Bertz CT molecular complexity index is 987. The van der Waals surface area contributed by atoms with Gasteiger partial charge in [-0.3, -0.25) is 9.59 Å². The van der Waals surface area contributed by atoms with Crippen LogP contribution in [-0.4, -0.2) is 57.6 Å². The fraction of sp³-hybridized carbons (Fsp3) is 0.640. The lowest BCUT2D eigenvalue weighted by Crippen LogP contribution is -2.65. The number of ether oxygens (including phenoxy) is 1. The minimum atomic E-state index is -0.986. The predicted molar refractivity (Wildman–Crippen MR) is 124 cm³/mol. The Morgan fingerprint density at radius 1 is 1.28 bits per heavy atom. The van der Waals surface area contributed by atoms with Crippen molar-refractivity contribution in [2.75, 3.05) is 19.8 Å². The van der Waals surface area contributed by atoms with E-state index in [1.54, 1.807) is 4.90 Å². The zero-order valence-corrected chi connectivity index (χ0v) is 19.8. The van der Waals surface area contributed by atoms with Gasteiger partial charge in [0.25, 0.3) is 5.91 Å². The van der Waals surface area contributed by atoms with Gasteiger partial charge in [-0.05, 0) is 50.7 Å². The second-order valence-electron chi connectivity index (χ2n) is 9.64. The van der Waals surface area contributed by atoms with E-state index >= 15 is 0 Å². The Kier molecular flexibility index (Phi) is 6.56. The maximum absolute atomic E-state index is 13.8. The number of fused-ring (bicyclic) bond motifs is 3. The number of imidazole rings is 1. The van der Waals surface area contributed by atoms with Crippen LogP contribution in [0.3, 0.4) is 0 Å². The Balaban J connectivity index is 1.65. The van der Waals surface area contributed by atoms with Crippen LogP contribution in [-0.2, 0) is 16.1 Å². The molecule has 4 rings (SSSR count). The Morgan fingerprint density at radius 3 is 2.84 bits per heavy atom. The first-order valence-electron chi connectivity index (χ1n) is 12.0. The van der Waals surface area contributed by atoms with E-state index < -0.39 is 5.54 Å². The van der Waals surface area contributed by atoms with Gasteiger partial charge in [0.2, 0.25) is 5.91 Å². The highest BCUT2D eigenvalue weighted by Gasteiger charge is 2.49. The lowest BCUT2D eigenvalue weighted by atomic mass is 9.77. The topological polar surface area (TPSA) is 76.5 Å². The summed E-state index contributed by atoms with van der Waals surface area (Å²) in [7, 11) is 0. The number of hydrogen-bond donors (Lipinski definition) is 1. The highest BCUT2D eigenvalue weighted by Crippen LogP contribution is 2.33. The van der Waals surface area contributed by atoms with Gasteiger partial charge < -0.3 is 19.5 Å². The summed E-state index contributed by atoms with van der Waals surface area (Å²) in [4.78, 5) is 33.7. The van der Waals surface area contributed by atoms with Crippen molar-refractivity contribution in [3.05, 3.63) is 30.1 Å². The van der Waals surface area contributed by atoms with E-state index in [1.165, 1.54) is 6.42 Å². The molecule has 2 aromatic rings. The van der Waals surface area contributed by atoms with Gasteiger partial charge in [0.1, 0.15) is 5.54 Å². The molecule has 7 heteroatoms. The zero-order chi connectivity index (χ0) is 22.9. The monoisotopic (exact) mass is 440 g/mol. The van der Waals surface area contributed by atoms with Crippen LogP contribution in [0.5, 0.6) is 0 Å². The van der Waals surface area contributed by atoms with Crippen molar-refractivity contribution in [1.82, 2.24) is 19.8 Å². The van der Waals surface area contributed by atoms with E-state index in [0.717, 1.165) is 23.9 Å². The van der Waals surface area contributed by atoms with E-state index in [9.17, 15) is 9.59 Å². The Hall–Kier alpha value is -2.41. The van der Waals surface area contributed by atoms with Gasteiger partial charge in [0.15, 0.2) is 5.82 Å². The van der Waals surface area contributed by atoms with Crippen molar-refractivity contribution in [2.45, 2.75) is 71.5 Å². The van der Waals surface area contributed by atoms with E-state index in [1.807, 2.05) is 42.7 Å². The van der Waals surface area contributed by atoms with Crippen molar-refractivity contribution in [2.24, 2.45) is 11.8 Å². The molecular formula is C25H36N4O3. The molecule has 1 fully saturated rings. The lowest BCUT2D eigenvalue weighted by molar-refractivity contribution is -0.134. The fourth-order valence-corrected chi connectivity index (χ4v) is 5.26. The number of carbonyl (C=O) groups is 2. The van der Waals surface area contributed by atoms with E-state index in [-0.39, 0.29) is 17.9 Å². The molecule has 7 nitrogen and oxygen atoms in total. The Labute approximate surface area is 190 Å². The molecule has 0 bridgehead atoms. The van der Waals surface area contributed by atoms with Crippen molar-refractivity contribution >= 4 is 22.8 Å². The summed E-state index contributed by atoms with van der Waals surface area (Å²) in [6.07, 6.45) is 4.00. The number of benzene rings is 1. The third-order valence-electron chi connectivity index (χ3n) is 7.54. The molecule has 1 N–H and O–H groups in total. The summed E-state index contributed by atoms with van der Waals surface area (Å²) in [5, 5.41) is 3.33. The van der Waals surface area contributed by atoms with E-state index in [0.29, 0.717) is 50.4 Å². The molecule has 0 radical (unpaired) electrons. The number of rotatable bonds is 7. The first kappa shape index (κ1) is 22.8. The van der Waals surface area contributed by atoms with Crippen LogP contribution in [0.15, 0.2) is 24.3 Å². The number of carbonyl (C=O) groups excluding carboxylic acids is 2. The standard InChI is InChI=1S/C25H36N4O3/c1-5-32-15-9-14-29-23(30)22-26-20-11-6-7-13-21(20)28(22)16-25(29,4)24(31)27-19-12-8-10-17(2)18(19)3/h6-7,11,13,17-19H,5,8-10,12,14-16H2,1-4H3,(H,27,31)/t17-,18+,19+,25+/m0/s1. The maximum atomic E-state index is 13.8. The van der Waals surface area contributed by atoms with Crippen molar-refractivity contribution in [3.8, 4) is 0 Å². The SMILES string of the molecule is CCOCCCN1C(=O)c2nc3ccccc3n2C[C@]1(C)C(=O)N[C@@H]1CCC[C@H](C)[C@H]1C. The highest BCUT2D eigenvalue weighted by molar-refractivity contribution is 6.01. The molecule has 1 aromatic heterocycles. The minimum absolute atomic E-state index is 0.0726. The van der Waals surface area contributed by atoms with Gasteiger partial charge in [-0.15, -0.1) is 0 Å². The minimum Gasteiger partial charge on any atom is -0.382 e. The molecule has 0 unspecified atom stereocenters. The number of hydrogen-bond acceptors (Lipinski definition) is 4. The van der Waals surface area contributed by atoms with Crippen LogP contribution in [0.2, 0.25) is 0 Å². The average Bonchev–Trinajstić information content (AvgIpc) is 3.15. The summed E-state index contributed by atoms with van der Waals surface area (Å²) in [5.41, 5.74) is 0.688. The molecule has 1 aliphatic carbocycles. The van der Waals surface area contributed by atoms with Gasteiger partial charge in [0, 0.05) is 25.8 Å². The first-order chi connectivity index (χ1) is 15.4. The second-order valence-corrected chi connectivity index (χ2v) is 9.64. The smallest absolute Gasteiger partial charge is 0.290 e. The average molecular weight is 441 g/mol. The number of nitrogens with zero attached hydrogens (tertiary/aromatic N) is 3. The number of aromatic nitrogens is 2. The number of nitrogens with one attached hydrogen (secondary N) is 1. The third kappa shape index (κ3) is 4.03. The molecule has 32 heavy (non-hydrogen) atoms. The van der Waals surface area contributed by atoms with E-state index in [4.69, 9.17) is 4.74 Å². The molecule has 2 heterocycles. The second kappa shape index (κ2) is 9.22. The van der Waals surface area contributed by atoms with Crippen LogP contribution in [0.25, 0.3) is 11.0 Å². The summed E-state index contributed by atoms with van der Waals surface area (Å²) >= 11 is 0. The van der Waals surface area contributed by atoms with Crippen LogP contribution in [0, 0.1) is 11.8 Å². The summed E-state index contributed by atoms with van der Waals surface area (Å²) in [6, 6.07) is 7.88. The number of para-hydroxylation sites is 2. The van der Waals surface area contributed by atoms with E-state index in [2.05, 4.69) is 24.1 Å². The third-order valence-corrected chi connectivity index (χ3v) is 7.54. The molecule has 1 aliphatic heterocycles. The molecular weight excluding hydrogens is 404 g/mol. The predicted octanol–water partition coefficient (Wildman–Crippen LogP) is 3.62. The van der Waals surface area contributed by atoms with Gasteiger partial charge in [0.05, 0.1) is 17.6 Å². The van der Waals surface area contributed by atoms with Crippen LogP contribution < -0.4 is 5.32 Å². The summed E-state index contributed by atoms with van der Waals surface area (Å²) in [6.45, 7) is 10.4. The molecule has 174 valence electrons.